The SMILES string of the molecule is CC(C)S(=O)(=O)NC1CCC(C(=O)Nc2nnc(C(F)(F)F)s2)CC1. The van der Waals surface area contributed by atoms with E-state index in [0.717, 1.165) is 0 Å². The van der Waals surface area contributed by atoms with Crippen LogP contribution in [0.2, 0.25) is 0 Å². The molecule has 0 unspecified atom stereocenters. The number of alkyl halides is 3. The molecule has 142 valence electrons. The minimum absolute atomic E-state index is 0.194. The van der Waals surface area contributed by atoms with Crippen LogP contribution in [0.4, 0.5) is 18.3 Å². The summed E-state index contributed by atoms with van der Waals surface area (Å²) in [4.78, 5) is 12.1. The van der Waals surface area contributed by atoms with Crippen LogP contribution in [-0.4, -0.2) is 35.8 Å². The van der Waals surface area contributed by atoms with Gasteiger partial charge in [-0.25, -0.2) is 13.1 Å². The molecule has 1 heterocycles. The zero-order valence-electron chi connectivity index (χ0n) is 13.6. The number of anilines is 1. The molecule has 1 aliphatic rings. The molecule has 1 amide bonds. The van der Waals surface area contributed by atoms with E-state index in [4.69, 9.17) is 0 Å². The van der Waals surface area contributed by atoms with Gasteiger partial charge >= 0.3 is 6.18 Å². The van der Waals surface area contributed by atoms with Crippen LogP contribution in [0.3, 0.4) is 0 Å². The van der Waals surface area contributed by atoms with Gasteiger partial charge in [0.15, 0.2) is 0 Å². The van der Waals surface area contributed by atoms with Crippen molar-refractivity contribution in [3.05, 3.63) is 5.01 Å². The van der Waals surface area contributed by atoms with Crippen LogP contribution in [0.5, 0.6) is 0 Å². The number of carbonyl (C=O) groups is 1. The highest BCUT2D eigenvalue weighted by molar-refractivity contribution is 7.90. The molecule has 2 rings (SSSR count). The molecule has 0 spiro atoms. The van der Waals surface area contributed by atoms with Gasteiger partial charge < -0.3 is 5.32 Å². The minimum atomic E-state index is -4.59. The van der Waals surface area contributed by atoms with Gasteiger partial charge in [0.2, 0.25) is 26.1 Å². The van der Waals surface area contributed by atoms with Crippen molar-refractivity contribution in [1.29, 1.82) is 0 Å². The number of nitrogens with zero attached hydrogens (tertiary/aromatic N) is 2. The van der Waals surface area contributed by atoms with Gasteiger partial charge in [0.1, 0.15) is 0 Å². The van der Waals surface area contributed by atoms with Crippen molar-refractivity contribution >= 4 is 32.4 Å². The molecule has 0 radical (unpaired) electrons. The Labute approximate surface area is 147 Å². The molecule has 1 saturated carbocycles. The first-order valence-electron chi connectivity index (χ1n) is 7.71. The molecule has 2 N–H and O–H groups in total. The largest absolute Gasteiger partial charge is 0.445 e. The second-order valence-corrected chi connectivity index (χ2v) is 9.41. The van der Waals surface area contributed by atoms with E-state index in [9.17, 15) is 26.4 Å². The first kappa shape index (κ1) is 20.0. The molecule has 12 heteroatoms. The summed E-state index contributed by atoms with van der Waals surface area (Å²) in [6.07, 6.45) is -2.71. The molecule has 1 aliphatic carbocycles. The zero-order chi connectivity index (χ0) is 18.8. The monoisotopic (exact) mass is 400 g/mol. The normalized spacial score (nSPS) is 22.2. The molecule has 0 saturated heterocycles. The van der Waals surface area contributed by atoms with E-state index in [0.29, 0.717) is 25.7 Å². The molecule has 0 aliphatic heterocycles. The third-order valence-electron chi connectivity index (χ3n) is 3.95. The fourth-order valence-corrected chi connectivity index (χ4v) is 4.02. The minimum Gasteiger partial charge on any atom is -0.300 e. The van der Waals surface area contributed by atoms with Crippen molar-refractivity contribution in [2.45, 2.75) is 57.0 Å². The fourth-order valence-electron chi connectivity index (χ4n) is 2.44. The lowest BCUT2D eigenvalue weighted by molar-refractivity contribution is -0.138. The molecule has 0 bridgehead atoms. The maximum Gasteiger partial charge on any atom is 0.445 e. The highest BCUT2D eigenvalue weighted by Gasteiger charge is 2.36. The van der Waals surface area contributed by atoms with Gasteiger partial charge in [-0.05, 0) is 39.5 Å². The number of rotatable bonds is 5. The molecule has 1 aromatic heterocycles. The summed E-state index contributed by atoms with van der Waals surface area (Å²) in [5.41, 5.74) is 0. The molecule has 0 aromatic carbocycles. The van der Waals surface area contributed by atoms with E-state index in [-0.39, 0.29) is 22.5 Å². The second kappa shape index (κ2) is 7.54. The maximum atomic E-state index is 12.5. The molecular weight excluding hydrogens is 381 g/mol. The standard InChI is InChI=1S/C13H19F3N4O3S2/c1-7(2)25(22,23)20-9-5-3-8(4-6-9)10(21)17-12-19-18-11(24-12)13(14,15)16/h7-9,20H,3-6H2,1-2H3,(H,17,19,21). The zero-order valence-corrected chi connectivity index (χ0v) is 15.3. The van der Waals surface area contributed by atoms with Crippen LogP contribution < -0.4 is 10.0 Å². The number of nitrogens with one attached hydrogen (secondary N) is 2. The Morgan fingerprint density at radius 3 is 2.28 bits per heavy atom. The molecule has 25 heavy (non-hydrogen) atoms. The average Bonchev–Trinajstić information content (AvgIpc) is 2.96. The smallest absolute Gasteiger partial charge is 0.300 e. The van der Waals surface area contributed by atoms with Gasteiger partial charge in [0, 0.05) is 12.0 Å². The number of amides is 1. The van der Waals surface area contributed by atoms with Gasteiger partial charge in [-0.2, -0.15) is 13.2 Å². The number of sulfonamides is 1. The Balaban J connectivity index is 1.86. The Bertz CT molecular complexity index is 710. The molecule has 0 atom stereocenters. The lowest BCUT2D eigenvalue weighted by Gasteiger charge is -2.28. The van der Waals surface area contributed by atoms with E-state index < -0.39 is 38.3 Å². The topological polar surface area (TPSA) is 101 Å². The average molecular weight is 400 g/mol. The van der Waals surface area contributed by atoms with Crippen LogP contribution in [0.1, 0.15) is 44.5 Å². The van der Waals surface area contributed by atoms with Crippen LogP contribution in [0, 0.1) is 5.92 Å². The number of carbonyl (C=O) groups excluding carboxylic acids is 1. The van der Waals surface area contributed by atoms with E-state index in [1.807, 2.05) is 0 Å². The Morgan fingerprint density at radius 2 is 1.80 bits per heavy atom. The highest BCUT2D eigenvalue weighted by Crippen LogP contribution is 2.33. The fraction of sp³-hybridized carbons (Fsp3) is 0.769. The van der Waals surface area contributed by atoms with Crippen molar-refractivity contribution in [3.8, 4) is 0 Å². The lowest BCUT2D eigenvalue weighted by atomic mass is 9.86. The van der Waals surface area contributed by atoms with E-state index in [2.05, 4.69) is 20.2 Å². The third-order valence-corrected chi connectivity index (χ3v) is 6.73. The maximum absolute atomic E-state index is 12.5. The van der Waals surface area contributed by atoms with Crippen molar-refractivity contribution in [1.82, 2.24) is 14.9 Å². The summed E-state index contributed by atoms with van der Waals surface area (Å²) >= 11 is 0.273. The van der Waals surface area contributed by atoms with E-state index in [1.54, 1.807) is 13.8 Å². The molecule has 1 fully saturated rings. The summed E-state index contributed by atoms with van der Waals surface area (Å²) in [5.74, 6) is -0.812. The Morgan fingerprint density at radius 1 is 1.20 bits per heavy atom. The quantitative estimate of drug-likeness (QED) is 0.790. The van der Waals surface area contributed by atoms with Crippen LogP contribution >= 0.6 is 11.3 Å². The van der Waals surface area contributed by atoms with Gasteiger partial charge in [-0.15, -0.1) is 10.2 Å². The summed E-state index contributed by atoms with van der Waals surface area (Å²) in [7, 11) is -3.37. The number of hydrogen-bond acceptors (Lipinski definition) is 6. The summed E-state index contributed by atoms with van der Waals surface area (Å²) < 4.78 is 63.7. The van der Waals surface area contributed by atoms with Crippen molar-refractivity contribution in [2.75, 3.05) is 5.32 Å². The van der Waals surface area contributed by atoms with Gasteiger partial charge in [0.05, 0.1) is 5.25 Å². The highest BCUT2D eigenvalue weighted by atomic mass is 32.2. The molecule has 1 aromatic rings. The van der Waals surface area contributed by atoms with Gasteiger partial charge in [0.25, 0.3) is 0 Å². The Kier molecular flexibility index (Phi) is 6.05. The van der Waals surface area contributed by atoms with Gasteiger partial charge in [-0.1, -0.05) is 11.3 Å². The van der Waals surface area contributed by atoms with E-state index in [1.165, 1.54) is 0 Å². The number of hydrogen-bond donors (Lipinski definition) is 2. The second-order valence-electron chi connectivity index (χ2n) is 6.16. The van der Waals surface area contributed by atoms with Crippen molar-refractivity contribution < 1.29 is 26.4 Å². The lowest BCUT2D eigenvalue weighted by Crippen LogP contribution is -2.42. The molecular formula is C13H19F3N4O3S2. The van der Waals surface area contributed by atoms with Crippen LogP contribution in [0.15, 0.2) is 0 Å². The summed E-state index contributed by atoms with van der Waals surface area (Å²) in [6, 6.07) is -0.227. The van der Waals surface area contributed by atoms with Gasteiger partial charge in [-0.3, -0.25) is 4.79 Å². The summed E-state index contributed by atoms with van der Waals surface area (Å²) in [6.45, 7) is 3.16. The number of aromatic nitrogens is 2. The first-order valence-corrected chi connectivity index (χ1v) is 10.1. The number of halogens is 3. The third kappa shape index (κ3) is 5.35. The van der Waals surface area contributed by atoms with E-state index >= 15 is 0 Å². The first-order chi connectivity index (χ1) is 11.5. The summed E-state index contributed by atoms with van der Waals surface area (Å²) in [5, 5.41) is 6.84. The van der Waals surface area contributed by atoms with Crippen molar-refractivity contribution in [2.24, 2.45) is 5.92 Å². The van der Waals surface area contributed by atoms with Crippen molar-refractivity contribution in [3.63, 3.8) is 0 Å². The predicted octanol–water partition coefficient (Wildman–Crippen LogP) is 2.38. The van der Waals surface area contributed by atoms with Crippen LogP contribution in [-0.2, 0) is 21.0 Å². The molecule has 7 nitrogen and oxygen atoms in total. The van der Waals surface area contributed by atoms with Crippen LogP contribution in [0.25, 0.3) is 0 Å². The predicted molar refractivity (Wildman–Crippen MR) is 86.5 cm³/mol. The Hall–Kier alpha value is -1.27.